The topological polar surface area (TPSA) is 84.7 Å². The largest absolute Gasteiger partial charge is 0.367 e. The van der Waals surface area contributed by atoms with E-state index in [1.165, 1.54) is 6.33 Å². The number of H-pyrrole nitrogens is 1. The number of nitrogens with zero attached hydrogens (tertiary/aromatic N) is 6. The van der Waals surface area contributed by atoms with Gasteiger partial charge in [0.1, 0.15) is 18.2 Å². The summed E-state index contributed by atoms with van der Waals surface area (Å²) >= 11 is 0. The Balaban J connectivity index is 1.57. The molecule has 0 radical (unpaired) electrons. The van der Waals surface area contributed by atoms with Crippen LogP contribution in [-0.2, 0) is 6.54 Å². The highest BCUT2D eigenvalue weighted by Crippen LogP contribution is 2.30. The van der Waals surface area contributed by atoms with Crippen LogP contribution in [0.2, 0.25) is 0 Å². The van der Waals surface area contributed by atoms with E-state index >= 15 is 0 Å². The van der Waals surface area contributed by atoms with E-state index in [-0.39, 0.29) is 0 Å². The molecule has 0 atom stereocenters. The molecule has 1 aromatic carbocycles. The molecule has 7 nitrogen and oxygen atoms in total. The van der Waals surface area contributed by atoms with Crippen LogP contribution in [0.25, 0.3) is 10.9 Å². The normalized spacial score (nSPS) is 15.5. The second-order valence-corrected chi connectivity index (χ2v) is 5.84. The number of aromatic nitrogens is 4. The fourth-order valence-corrected chi connectivity index (χ4v) is 3.20. The molecular weight excluding hydrogens is 302 g/mol. The molecule has 7 heteroatoms. The lowest BCUT2D eigenvalue weighted by Gasteiger charge is -2.36. The van der Waals surface area contributed by atoms with E-state index in [1.54, 1.807) is 6.20 Å². The predicted molar refractivity (Wildman–Crippen MR) is 90.3 cm³/mol. The van der Waals surface area contributed by atoms with Gasteiger partial charge >= 0.3 is 0 Å². The lowest BCUT2D eigenvalue weighted by Crippen LogP contribution is -2.46. The highest BCUT2D eigenvalue weighted by atomic mass is 15.3. The van der Waals surface area contributed by atoms with Crippen LogP contribution in [0.4, 0.5) is 5.69 Å². The van der Waals surface area contributed by atoms with Crippen molar-refractivity contribution in [3.05, 3.63) is 48.2 Å². The zero-order valence-electron chi connectivity index (χ0n) is 13.2. The highest BCUT2D eigenvalue weighted by molar-refractivity contribution is 5.94. The summed E-state index contributed by atoms with van der Waals surface area (Å²) in [5.41, 5.74) is 2.57. The van der Waals surface area contributed by atoms with Gasteiger partial charge in [-0.15, -0.1) is 0 Å². The van der Waals surface area contributed by atoms with E-state index in [0.717, 1.165) is 55.1 Å². The van der Waals surface area contributed by atoms with Gasteiger partial charge in [-0.3, -0.25) is 15.0 Å². The molecule has 3 heterocycles. The molecule has 120 valence electrons. The van der Waals surface area contributed by atoms with Crippen LogP contribution < -0.4 is 4.90 Å². The number of fused-ring (bicyclic) bond motifs is 1. The molecule has 1 fully saturated rings. The van der Waals surface area contributed by atoms with E-state index in [0.29, 0.717) is 5.56 Å². The predicted octanol–water partition coefficient (Wildman–Crippen LogP) is 1.55. The van der Waals surface area contributed by atoms with Gasteiger partial charge in [0.15, 0.2) is 0 Å². The summed E-state index contributed by atoms with van der Waals surface area (Å²) in [4.78, 5) is 13.2. The van der Waals surface area contributed by atoms with Crippen molar-refractivity contribution in [3.63, 3.8) is 0 Å². The number of aromatic amines is 1. The number of pyridine rings is 1. The third-order valence-electron chi connectivity index (χ3n) is 4.39. The summed E-state index contributed by atoms with van der Waals surface area (Å²) in [5.74, 6) is 0.885. The smallest absolute Gasteiger partial charge is 0.138 e. The van der Waals surface area contributed by atoms with E-state index in [2.05, 4.69) is 36.0 Å². The van der Waals surface area contributed by atoms with Gasteiger partial charge in [-0.25, -0.2) is 4.98 Å². The molecule has 0 bridgehead atoms. The SMILES string of the molecule is N#Cc1cnc2ccccc2c1N1CCN(Cc2ncn[nH]2)CC1. The summed E-state index contributed by atoms with van der Waals surface area (Å²) in [5, 5.41) is 17.3. The molecule has 1 N–H and O–H groups in total. The summed E-state index contributed by atoms with van der Waals surface area (Å²) in [6, 6.07) is 10.3. The molecule has 4 rings (SSSR count). The molecule has 1 aliphatic heterocycles. The number of para-hydroxylation sites is 1. The van der Waals surface area contributed by atoms with Crippen molar-refractivity contribution < 1.29 is 0 Å². The number of benzene rings is 1. The van der Waals surface area contributed by atoms with Crippen molar-refractivity contribution >= 4 is 16.6 Å². The van der Waals surface area contributed by atoms with Crippen LogP contribution in [0, 0.1) is 11.3 Å². The molecule has 3 aromatic rings. The van der Waals surface area contributed by atoms with Crippen molar-refractivity contribution in [2.75, 3.05) is 31.1 Å². The van der Waals surface area contributed by atoms with Crippen molar-refractivity contribution in [3.8, 4) is 6.07 Å². The number of piperazine rings is 1. The lowest BCUT2D eigenvalue weighted by atomic mass is 10.1. The zero-order chi connectivity index (χ0) is 16.4. The maximum atomic E-state index is 9.49. The number of anilines is 1. The summed E-state index contributed by atoms with van der Waals surface area (Å²) in [6.07, 6.45) is 3.21. The summed E-state index contributed by atoms with van der Waals surface area (Å²) in [6.45, 7) is 4.36. The standard InChI is InChI=1S/C17H17N7/c18-9-13-10-19-15-4-2-1-3-14(15)17(13)24-7-5-23(6-8-24)11-16-20-12-21-22-16/h1-4,10,12H,5-8,11H2,(H,20,21,22). The third kappa shape index (κ3) is 2.68. The van der Waals surface area contributed by atoms with Crippen LogP contribution in [0.5, 0.6) is 0 Å². The van der Waals surface area contributed by atoms with Gasteiger partial charge in [0, 0.05) is 37.8 Å². The fraction of sp³-hybridized carbons (Fsp3) is 0.294. The molecule has 2 aromatic heterocycles. The molecule has 0 aliphatic carbocycles. The average Bonchev–Trinajstić information content (AvgIpc) is 3.14. The Bertz CT molecular complexity index is 874. The van der Waals surface area contributed by atoms with Gasteiger partial charge < -0.3 is 4.90 Å². The first-order valence-corrected chi connectivity index (χ1v) is 7.94. The first-order chi connectivity index (χ1) is 11.8. The third-order valence-corrected chi connectivity index (χ3v) is 4.39. The highest BCUT2D eigenvalue weighted by Gasteiger charge is 2.22. The van der Waals surface area contributed by atoms with Crippen molar-refractivity contribution in [2.45, 2.75) is 6.54 Å². The Morgan fingerprint density at radius 1 is 1.12 bits per heavy atom. The Morgan fingerprint density at radius 3 is 2.71 bits per heavy atom. The van der Waals surface area contributed by atoms with Gasteiger partial charge in [0.05, 0.1) is 23.3 Å². The number of hydrogen-bond donors (Lipinski definition) is 1. The van der Waals surface area contributed by atoms with Gasteiger partial charge in [-0.2, -0.15) is 10.4 Å². The average molecular weight is 319 g/mol. The molecule has 0 spiro atoms. The molecule has 1 aliphatic rings. The minimum atomic E-state index is 0.636. The van der Waals surface area contributed by atoms with Gasteiger partial charge in [0.25, 0.3) is 0 Å². The van der Waals surface area contributed by atoms with Crippen molar-refractivity contribution in [2.24, 2.45) is 0 Å². The summed E-state index contributed by atoms with van der Waals surface area (Å²) < 4.78 is 0. The van der Waals surface area contributed by atoms with E-state index < -0.39 is 0 Å². The van der Waals surface area contributed by atoms with Crippen LogP contribution in [0.3, 0.4) is 0 Å². The molecule has 0 unspecified atom stereocenters. The number of nitrogens with one attached hydrogen (secondary N) is 1. The Kier molecular flexibility index (Phi) is 3.81. The molecular formula is C17H17N7. The Labute approximate surface area is 139 Å². The first kappa shape index (κ1) is 14.6. The van der Waals surface area contributed by atoms with Gasteiger partial charge in [-0.05, 0) is 6.07 Å². The second-order valence-electron chi connectivity index (χ2n) is 5.84. The van der Waals surface area contributed by atoms with Crippen LogP contribution in [0.1, 0.15) is 11.4 Å². The van der Waals surface area contributed by atoms with Crippen LogP contribution >= 0.6 is 0 Å². The van der Waals surface area contributed by atoms with Crippen LogP contribution in [-0.4, -0.2) is 51.2 Å². The van der Waals surface area contributed by atoms with Gasteiger partial charge in [-0.1, -0.05) is 18.2 Å². The number of hydrogen-bond acceptors (Lipinski definition) is 6. The van der Waals surface area contributed by atoms with E-state index in [9.17, 15) is 5.26 Å². The molecule has 24 heavy (non-hydrogen) atoms. The van der Waals surface area contributed by atoms with E-state index in [1.807, 2.05) is 24.3 Å². The summed E-state index contributed by atoms with van der Waals surface area (Å²) in [7, 11) is 0. The molecule has 0 saturated carbocycles. The Morgan fingerprint density at radius 2 is 1.96 bits per heavy atom. The number of rotatable bonds is 3. The van der Waals surface area contributed by atoms with Crippen molar-refractivity contribution in [1.82, 2.24) is 25.1 Å². The number of nitriles is 1. The molecule has 0 amide bonds. The quantitative estimate of drug-likeness (QED) is 0.788. The molecule has 1 saturated heterocycles. The zero-order valence-corrected chi connectivity index (χ0v) is 13.2. The van der Waals surface area contributed by atoms with Gasteiger partial charge in [0.2, 0.25) is 0 Å². The van der Waals surface area contributed by atoms with E-state index in [4.69, 9.17) is 0 Å². The minimum Gasteiger partial charge on any atom is -0.367 e. The maximum Gasteiger partial charge on any atom is 0.138 e. The van der Waals surface area contributed by atoms with Crippen LogP contribution in [0.15, 0.2) is 36.8 Å². The fourth-order valence-electron chi connectivity index (χ4n) is 3.20. The second kappa shape index (κ2) is 6.26. The maximum absolute atomic E-state index is 9.49. The monoisotopic (exact) mass is 319 g/mol. The Hall–Kier alpha value is -2.98. The first-order valence-electron chi connectivity index (χ1n) is 7.94. The lowest BCUT2D eigenvalue weighted by molar-refractivity contribution is 0.244. The minimum absolute atomic E-state index is 0.636. The van der Waals surface area contributed by atoms with Crippen molar-refractivity contribution in [1.29, 1.82) is 5.26 Å².